The smallest absolute Gasteiger partial charge is 0.182 e. The molecule has 0 amide bonds. The van der Waals surface area contributed by atoms with E-state index in [1.54, 1.807) is 13.0 Å². The van der Waals surface area contributed by atoms with Gasteiger partial charge in [0.15, 0.2) is 11.5 Å². The molecule has 3 rings (SSSR count). The molecule has 1 heterocycles. The maximum absolute atomic E-state index is 13.4. The molecule has 0 radical (unpaired) electrons. The number of ether oxygens (including phenoxy) is 1. The van der Waals surface area contributed by atoms with E-state index in [4.69, 9.17) is 9.37 Å². The minimum Gasteiger partial charge on any atom is -0.393 e. The fourth-order valence-electron chi connectivity index (χ4n) is 2.85. The second-order valence-electron chi connectivity index (χ2n) is 6.31. The van der Waals surface area contributed by atoms with Crippen molar-refractivity contribution in [3.8, 4) is 0 Å². The van der Waals surface area contributed by atoms with Crippen LogP contribution in [0.25, 0.3) is 0 Å². The number of amidine groups is 1. The van der Waals surface area contributed by atoms with Crippen LogP contribution in [-0.4, -0.2) is 38.7 Å². The predicted molar refractivity (Wildman–Crippen MR) is 89.6 cm³/mol. The Balaban J connectivity index is 1.72. The third-order valence-electron chi connectivity index (χ3n) is 4.37. The molecule has 2 aromatic rings. The normalized spacial score (nSPS) is 21.0. The molecular weight excluding hydrogens is 343 g/mol. The fourth-order valence-corrected chi connectivity index (χ4v) is 2.85. The highest BCUT2D eigenvalue weighted by Gasteiger charge is 2.22. The van der Waals surface area contributed by atoms with Crippen molar-refractivity contribution in [2.45, 2.75) is 51.4 Å². The molecule has 1 aliphatic carbocycles. The molecule has 0 atom stereocenters. The molecule has 26 heavy (non-hydrogen) atoms. The summed E-state index contributed by atoms with van der Waals surface area (Å²) in [7, 11) is 0. The fraction of sp³-hybridized carbons (Fsp3) is 0.471. The van der Waals surface area contributed by atoms with E-state index in [-0.39, 0.29) is 36.2 Å². The molecule has 0 spiro atoms. The maximum Gasteiger partial charge on any atom is 0.182 e. The highest BCUT2D eigenvalue weighted by atomic mass is 19.1. The van der Waals surface area contributed by atoms with Crippen molar-refractivity contribution in [3.63, 3.8) is 0 Å². The molecular formula is C17H21FN4O4. The first kappa shape index (κ1) is 18.4. The van der Waals surface area contributed by atoms with E-state index in [1.165, 1.54) is 12.1 Å². The van der Waals surface area contributed by atoms with E-state index in [0.29, 0.717) is 29.8 Å². The second kappa shape index (κ2) is 8.35. The Kier molecular flexibility index (Phi) is 5.92. The largest absolute Gasteiger partial charge is 0.393 e. The first-order valence-corrected chi connectivity index (χ1v) is 8.43. The number of halogens is 1. The Morgan fingerprint density at radius 2 is 2.12 bits per heavy atom. The highest BCUT2D eigenvalue weighted by Crippen LogP contribution is 2.23. The molecule has 1 aromatic heterocycles. The average molecular weight is 364 g/mol. The number of aliphatic imine (C=N–C) groups is 1. The van der Waals surface area contributed by atoms with Gasteiger partial charge in [-0.1, -0.05) is 5.16 Å². The zero-order valence-electron chi connectivity index (χ0n) is 14.4. The van der Waals surface area contributed by atoms with Crippen LogP contribution in [0.4, 0.5) is 10.1 Å². The van der Waals surface area contributed by atoms with Crippen LogP contribution in [0.3, 0.4) is 0 Å². The molecule has 1 saturated carbocycles. The van der Waals surface area contributed by atoms with Crippen molar-refractivity contribution >= 4 is 11.5 Å². The van der Waals surface area contributed by atoms with E-state index in [9.17, 15) is 14.7 Å². The molecule has 140 valence electrons. The predicted octanol–water partition coefficient (Wildman–Crippen LogP) is 2.39. The van der Waals surface area contributed by atoms with Crippen molar-refractivity contribution in [1.29, 1.82) is 0 Å². The second-order valence-corrected chi connectivity index (χ2v) is 6.31. The zero-order chi connectivity index (χ0) is 18.5. The summed E-state index contributed by atoms with van der Waals surface area (Å²) in [4.78, 5) is 4.22. The molecule has 0 aliphatic heterocycles. The number of nitrogens with one attached hydrogen (secondary N) is 1. The van der Waals surface area contributed by atoms with Gasteiger partial charge >= 0.3 is 0 Å². The standard InChI is InChI=1S/C17H21FN4O4/c1-10-8-11(2-7-14(10)18)19-17(20-24)16-15(21-26-22-16)9-25-13-5-3-12(23)4-6-13/h2,7-8,12-13,23-24H,3-6,9H2,1H3,(H,19,20). The molecule has 1 aliphatic rings. The van der Waals surface area contributed by atoms with E-state index in [0.717, 1.165) is 12.8 Å². The van der Waals surface area contributed by atoms with Crippen molar-refractivity contribution in [1.82, 2.24) is 15.8 Å². The van der Waals surface area contributed by atoms with Crippen LogP contribution in [-0.2, 0) is 11.3 Å². The minimum absolute atomic E-state index is 0.0231. The summed E-state index contributed by atoms with van der Waals surface area (Å²) in [5.74, 6) is -0.313. The van der Waals surface area contributed by atoms with Gasteiger partial charge in [-0.25, -0.2) is 14.0 Å². The number of hydrogen-bond donors (Lipinski definition) is 3. The van der Waals surface area contributed by atoms with E-state index in [1.807, 2.05) is 5.48 Å². The van der Waals surface area contributed by atoms with Crippen LogP contribution >= 0.6 is 0 Å². The summed E-state index contributed by atoms with van der Waals surface area (Å²) < 4.78 is 23.9. The van der Waals surface area contributed by atoms with Gasteiger partial charge in [-0.3, -0.25) is 10.7 Å². The maximum atomic E-state index is 13.4. The number of aromatic nitrogens is 2. The number of rotatable bonds is 5. The summed E-state index contributed by atoms with van der Waals surface area (Å²) >= 11 is 0. The molecule has 0 saturated heterocycles. The molecule has 1 aromatic carbocycles. The van der Waals surface area contributed by atoms with Gasteiger partial charge in [0.1, 0.15) is 11.5 Å². The summed E-state index contributed by atoms with van der Waals surface area (Å²) in [6, 6.07) is 4.33. The molecule has 9 heteroatoms. The van der Waals surface area contributed by atoms with Crippen molar-refractivity contribution in [2.24, 2.45) is 4.99 Å². The van der Waals surface area contributed by atoms with Gasteiger partial charge in [-0.05, 0) is 61.5 Å². The van der Waals surface area contributed by atoms with Crippen LogP contribution in [0, 0.1) is 12.7 Å². The summed E-state index contributed by atoms with van der Waals surface area (Å²) in [5.41, 5.74) is 3.45. The summed E-state index contributed by atoms with van der Waals surface area (Å²) in [6.45, 7) is 1.77. The van der Waals surface area contributed by atoms with Crippen molar-refractivity contribution < 1.29 is 24.1 Å². The SMILES string of the molecule is Cc1cc(N=C(NO)c2nonc2COC2CCC(O)CC2)ccc1F. The Labute approximate surface area is 149 Å². The van der Waals surface area contributed by atoms with Crippen LogP contribution in [0.2, 0.25) is 0 Å². The van der Waals surface area contributed by atoms with Crippen molar-refractivity contribution in [3.05, 3.63) is 41.0 Å². The zero-order valence-corrected chi connectivity index (χ0v) is 14.4. The summed E-state index contributed by atoms with van der Waals surface area (Å²) in [5, 5.41) is 26.5. The van der Waals surface area contributed by atoms with Crippen LogP contribution in [0.5, 0.6) is 0 Å². The highest BCUT2D eigenvalue weighted by molar-refractivity contribution is 5.98. The van der Waals surface area contributed by atoms with Gasteiger partial charge in [0, 0.05) is 0 Å². The molecule has 0 bridgehead atoms. The number of hydrogen-bond acceptors (Lipinski definition) is 7. The number of nitrogens with zero attached hydrogens (tertiary/aromatic N) is 3. The molecule has 8 nitrogen and oxygen atoms in total. The topological polar surface area (TPSA) is 113 Å². The number of aliphatic hydroxyl groups is 1. The average Bonchev–Trinajstić information content (AvgIpc) is 3.10. The van der Waals surface area contributed by atoms with Gasteiger partial charge in [-0.15, -0.1) is 0 Å². The third-order valence-corrected chi connectivity index (χ3v) is 4.37. The first-order valence-electron chi connectivity index (χ1n) is 8.43. The van der Waals surface area contributed by atoms with Gasteiger partial charge in [-0.2, -0.15) is 0 Å². The lowest BCUT2D eigenvalue weighted by atomic mass is 9.95. The number of benzene rings is 1. The van der Waals surface area contributed by atoms with E-state index in [2.05, 4.69) is 15.3 Å². The van der Waals surface area contributed by atoms with Gasteiger partial charge < -0.3 is 9.84 Å². The van der Waals surface area contributed by atoms with Gasteiger partial charge in [0.2, 0.25) is 0 Å². The summed E-state index contributed by atoms with van der Waals surface area (Å²) in [6.07, 6.45) is 2.75. The minimum atomic E-state index is -0.336. The Morgan fingerprint density at radius 1 is 1.35 bits per heavy atom. The quantitative estimate of drug-likeness (QED) is 0.424. The first-order chi connectivity index (χ1) is 12.6. The van der Waals surface area contributed by atoms with Crippen LogP contribution in [0.1, 0.15) is 42.6 Å². The lowest BCUT2D eigenvalue weighted by Crippen LogP contribution is -2.25. The number of hydroxylamine groups is 1. The number of aryl methyl sites for hydroxylation is 1. The lowest BCUT2D eigenvalue weighted by molar-refractivity contribution is -0.0138. The number of aliphatic hydroxyl groups excluding tert-OH is 1. The molecule has 1 fully saturated rings. The van der Waals surface area contributed by atoms with Crippen LogP contribution < -0.4 is 5.48 Å². The Morgan fingerprint density at radius 3 is 2.81 bits per heavy atom. The van der Waals surface area contributed by atoms with Crippen LogP contribution in [0.15, 0.2) is 27.8 Å². The van der Waals surface area contributed by atoms with Crippen molar-refractivity contribution in [2.75, 3.05) is 0 Å². The Hall–Kier alpha value is -2.36. The lowest BCUT2D eigenvalue weighted by Gasteiger charge is -2.25. The van der Waals surface area contributed by atoms with Gasteiger partial charge in [0.05, 0.1) is 24.5 Å². The van der Waals surface area contributed by atoms with Gasteiger partial charge in [0.25, 0.3) is 0 Å². The van der Waals surface area contributed by atoms with E-state index < -0.39 is 0 Å². The molecule has 0 unspecified atom stereocenters. The van der Waals surface area contributed by atoms with E-state index >= 15 is 0 Å². The third kappa shape index (κ3) is 4.43. The monoisotopic (exact) mass is 364 g/mol. The Bertz CT molecular complexity index is 772. The molecule has 3 N–H and O–H groups in total.